The van der Waals surface area contributed by atoms with Gasteiger partial charge in [0.05, 0.1) is 17.2 Å². The average molecular weight is 271 g/mol. The van der Waals surface area contributed by atoms with Crippen molar-refractivity contribution in [2.24, 2.45) is 5.92 Å². The van der Waals surface area contributed by atoms with Gasteiger partial charge in [-0.2, -0.15) is 5.26 Å². The Morgan fingerprint density at radius 2 is 1.85 bits per heavy atom. The molecule has 1 N–H and O–H groups in total. The molecule has 0 heterocycles. The van der Waals surface area contributed by atoms with E-state index in [1.807, 2.05) is 12.1 Å². The molecule has 1 aliphatic carbocycles. The number of aliphatic hydroxyl groups is 1. The summed E-state index contributed by atoms with van der Waals surface area (Å²) in [5.74, 6) is 0.792. The van der Waals surface area contributed by atoms with E-state index in [1.165, 1.54) is 25.7 Å². The van der Waals surface area contributed by atoms with Crippen LogP contribution in [-0.4, -0.2) is 5.11 Å². The van der Waals surface area contributed by atoms with Crippen molar-refractivity contribution < 1.29 is 5.11 Å². The molecular weight excluding hydrogens is 246 g/mol. The molecule has 108 valence electrons. The second-order valence-electron chi connectivity index (χ2n) is 6.16. The molecule has 20 heavy (non-hydrogen) atoms. The quantitative estimate of drug-likeness (QED) is 0.800. The summed E-state index contributed by atoms with van der Waals surface area (Å²) < 4.78 is 0. The Kier molecular flexibility index (Phi) is 5.20. The molecule has 0 saturated heterocycles. The van der Waals surface area contributed by atoms with Gasteiger partial charge in [0.15, 0.2) is 0 Å². The van der Waals surface area contributed by atoms with E-state index in [-0.39, 0.29) is 0 Å². The van der Waals surface area contributed by atoms with E-state index in [0.29, 0.717) is 5.56 Å². The molecule has 2 rings (SSSR count). The van der Waals surface area contributed by atoms with Gasteiger partial charge in [0.1, 0.15) is 0 Å². The molecule has 0 radical (unpaired) electrons. The first-order valence-corrected chi connectivity index (χ1v) is 7.91. The third-order valence-electron chi connectivity index (χ3n) is 4.70. The number of rotatable bonds is 5. The van der Waals surface area contributed by atoms with E-state index in [2.05, 4.69) is 13.0 Å². The van der Waals surface area contributed by atoms with Crippen molar-refractivity contribution in [2.45, 2.75) is 63.9 Å². The Bertz CT molecular complexity index is 449. The molecule has 0 unspecified atom stereocenters. The van der Waals surface area contributed by atoms with Gasteiger partial charge in [-0.15, -0.1) is 0 Å². The first-order valence-electron chi connectivity index (χ1n) is 7.91. The molecule has 0 amide bonds. The summed E-state index contributed by atoms with van der Waals surface area (Å²) >= 11 is 0. The lowest BCUT2D eigenvalue weighted by Gasteiger charge is -2.36. The van der Waals surface area contributed by atoms with E-state index in [1.54, 1.807) is 12.1 Å². The molecule has 1 aromatic rings. The average Bonchev–Trinajstić information content (AvgIpc) is 2.50. The van der Waals surface area contributed by atoms with E-state index >= 15 is 0 Å². The summed E-state index contributed by atoms with van der Waals surface area (Å²) in [4.78, 5) is 0. The van der Waals surface area contributed by atoms with Gasteiger partial charge in [-0.1, -0.05) is 44.7 Å². The first kappa shape index (κ1) is 15.1. The van der Waals surface area contributed by atoms with Crippen molar-refractivity contribution in [3.05, 3.63) is 35.4 Å². The fourth-order valence-electron chi connectivity index (χ4n) is 3.27. The number of unbranched alkanes of at least 4 members (excludes halogenated alkanes) is 2. The maximum atomic E-state index is 10.8. The van der Waals surface area contributed by atoms with Crippen LogP contribution in [0.5, 0.6) is 0 Å². The third kappa shape index (κ3) is 3.61. The van der Waals surface area contributed by atoms with Crippen LogP contribution in [0.25, 0.3) is 0 Å². The number of hydrogen-bond donors (Lipinski definition) is 1. The van der Waals surface area contributed by atoms with Crippen LogP contribution >= 0.6 is 0 Å². The fourth-order valence-corrected chi connectivity index (χ4v) is 3.27. The third-order valence-corrected chi connectivity index (χ3v) is 4.70. The highest BCUT2D eigenvalue weighted by Gasteiger charge is 2.34. The largest absolute Gasteiger partial charge is 0.385 e. The van der Waals surface area contributed by atoms with E-state index < -0.39 is 5.60 Å². The zero-order valence-electron chi connectivity index (χ0n) is 12.4. The Balaban J connectivity index is 1.91. The number of nitriles is 1. The molecule has 0 aliphatic heterocycles. The monoisotopic (exact) mass is 271 g/mol. The van der Waals surface area contributed by atoms with Crippen molar-refractivity contribution in [1.29, 1.82) is 5.26 Å². The molecule has 1 aromatic carbocycles. The minimum Gasteiger partial charge on any atom is -0.385 e. The van der Waals surface area contributed by atoms with Gasteiger partial charge < -0.3 is 5.11 Å². The van der Waals surface area contributed by atoms with Crippen molar-refractivity contribution in [1.82, 2.24) is 0 Å². The van der Waals surface area contributed by atoms with Crippen LogP contribution in [0.2, 0.25) is 0 Å². The second kappa shape index (κ2) is 6.90. The lowest BCUT2D eigenvalue weighted by molar-refractivity contribution is -0.0154. The molecule has 2 heteroatoms. The summed E-state index contributed by atoms with van der Waals surface area (Å²) in [5, 5.41) is 19.6. The van der Waals surface area contributed by atoms with Crippen molar-refractivity contribution >= 4 is 0 Å². The van der Waals surface area contributed by atoms with Crippen molar-refractivity contribution in [3.63, 3.8) is 0 Å². The number of benzene rings is 1. The maximum absolute atomic E-state index is 10.8. The van der Waals surface area contributed by atoms with Gasteiger partial charge in [-0.05, 0) is 49.3 Å². The first-order chi connectivity index (χ1) is 9.68. The molecular formula is C18H25NO. The smallest absolute Gasteiger partial charge is 0.0991 e. The van der Waals surface area contributed by atoms with Crippen LogP contribution in [-0.2, 0) is 5.60 Å². The predicted molar refractivity (Wildman–Crippen MR) is 81.2 cm³/mol. The minimum absolute atomic E-state index is 0.658. The summed E-state index contributed by atoms with van der Waals surface area (Å²) in [6.45, 7) is 2.24. The summed E-state index contributed by atoms with van der Waals surface area (Å²) in [7, 11) is 0. The van der Waals surface area contributed by atoms with E-state index in [0.717, 1.165) is 37.2 Å². The normalized spacial score (nSPS) is 26.1. The standard InChI is InChI=1S/C18H25NO/c1-2-3-4-5-15-10-12-18(20,13-11-15)17-8-6-16(14-19)7-9-17/h6-9,15,20H,2-5,10-13H2,1H3. The Labute approximate surface area is 122 Å². The lowest BCUT2D eigenvalue weighted by atomic mass is 9.74. The number of hydrogen-bond acceptors (Lipinski definition) is 2. The lowest BCUT2D eigenvalue weighted by Crippen LogP contribution is -2.31. The minimum atomic E-state index is -0.671. The van der Waals surface area contributed by atoms with Gasteiger partial charge in [-0.3, -0.25) is 0 Å². The van der Waals surface area contributed by atoms with Crippen LogP contribution in [0, 0.1) is 17.2 Å². The molecule has 0 aromatic heterocycles. The summed E-state index contributed by atoms with van der Waals surface area (Å²) in [6, 6.07) is 9.56. The van der Waals surface area contributed by atoms with Gasteiger partial charge in [0.25, 0.3) is 0 Å². The number of nitrogens with zero attached hydrogens (tertiary/aromatic N) is 1. The SMILES string of the molecule is CCCCCC1CCC(O)(c2ccc(C#N)cc2)CC1. The van der Waals surface area contributed by atoms with Gasteiger partial charge in [0, 0.05) is 0 Å². The molecule has 0 atom stereocenters. The summed E-state index contributed by atoms with van der Waals surface area (Å²) in [6.07, 6.45) is 9.22. The van der Waals surface area contributed by atoms with Crippen LogP contribution < -0.4 is 0 Å². The van der Waals surface area contributed by atoms with Crippen LogP contribution in [0.1, 0.15) is 69.4 Å². The molecule has 1 saturated carbocycles. The zero-order valence-corrected chi connectivity index (χ0v) is 12.4. The Hall–Kier alpha value is -1.33. The maximum Gasteiger partial charge on any atom is 0.0991 e. The zero-order chi connectivity index (χ0) is 14.4. The topological polar surface area (TPSA) is 44.0 Å². The fraction of sp³-hybridized carbons (Fsp3) is 0.611. The van der Waals surface area contributed by atoms with Gasteiger partial charge in [0.2, 0.25) is 0 Å². The molecule has 1 fully saturated rings. The highest BCUT2D eigenvalue weighted by molar-refractivity contribution is 5.34. The predicted octanol–water partition coefficient (Wildman–Crippen LogP) is 4.52. The Morgan fingerprint density at radius 1 is 1.20 bits per heavy atom. The van der Waals surface area contributed by atoms with Crippen LogP contribution in [0.3, 0.4) is 0 Å². The summed E-state index contributed by atoms with van der Waals surface area (Å²) in [5.41, 5.74) is 0.962. The van der Waals surface area contributed by atoms with Crippen molar-refractivity contribution in [3.8, 4) is 6.07 Å². The molecule has 1 aliphatic rings. The van der Waals surface area contributed by atoms with Crippen molar-refractivity contribution in [2.75, 3.05) is 0 Å². The highest BCUT2D eigenvalue weighted by Crippen LogP contribution is 2.41. The van der Waals surface area contributed by atoms with E-state index in [4.69, 9.17) is 5.26 Å². The van der Waals surface area contributed by atoms with Crippen LogP contribution in [0.4, 0.5) is 0 Å². The molecule has 2 nitrogen and oxygen atoms in total. The highest BCUT2D eigenvalue weighted by atomic mass is 16.3. The van der Waals surface area contributed by atoms with Gasteiger partial charge >= 0.3 is 0 Å². The molecule has 0 spiro atoms. The van der Waals surface area contributed by atoms with Crippen LogP contribution in [0.15, 0.2) is 24.3 Å². The molecule has 0 bridgehead atoms. The van der Waals surface area contributed by atoms with Gasteiger partial charge in [-0.25, -0.2) is 0 Å². The second-order valence-corrected chi connectivity index (χ2v) is 6.16. The van der Waals surface area contributed by atoms with E-state index in [9.17, 15) is 5.11 Å². The Morgan fingerprint density at radius 3 is 2.40 bits per heavy atom.